The van der Waals surface area contributed by atoms with Crippen molar-refractivity contribution in [3.63, 3.8) is 0 Å². The Balaban J connectivity index is 1.86. The molecule has 2 aromatic heterocycles. The Bertz CT molecular complexity index is 578. The highest BCUT2D eigenvalue weighted by Gasteiger charge is 2.28. The van der Waals surface area contributed by atoms with E-state index >= 15 is 0 Å². The van der Waals surface area contributed by atoms with E-state index in [9.17, 15) is 0 Å². The quantitative estimate of drug-likeness (QED) is 0.846. The summed E-state index contributed by atoms with van der Waals surface area (Å²) in [5.41, 5.74) is 0.859. The molecule has 2 aromatic rings. The van der Waals surface area contributed by atoms with E-state index in [4.69, 9.17) is 4.74 Å². The molecular weight excluding hydrogens is 240 g/mol. The number of hydrogen-bond donors (Lipinski definition) is 0. The second-order valence-corrected chi connectivity index (χ2v) is 5.41. The van der Waals surface area contributed by atoms with Gasteiger partial charge in [-0.3, -0.25) is 0 Å². The number of hydrogen-bond acceptors (Lipinski definition) is 4. The van der Waals surface area contributed by atoms with Crippen LogP contribution in [0, 0.1) is 0 Å². The SMILES string of the molecule is COc1ccn2nc(C3CCN(C(C)C)C3)nc2c1. The number of methoxy groups -OCH3 is 1. The highest BCUT2D eigenvalue weighted by molar-refractivity contribution is 5.43. The zero-order valence-corrected chi connectivity index (χ0v) is 11.7. The molecule has 0 aromatic carbocycles. The van der Waals surface area contributed by atoms with Crippen LogP contribution in [0.5, 0.6) is 5.75 Å². The van der Waals surface area contributed by atoms with Crippen LogP contribution in [-0.2, 0) is 0 Å². The molecule has 0 N–H and O–H groups in total. The highest BCUT2D eigenvalue weighted by atomic mass is 16.5. The Morgan fingerprint density at radius 3 is 2.95 bits per heavy atom. The molecule has 19 heavy (non-hydrogen) atoms. The van der Waals surface area contributed by atoms with E-state index in [1.807, 2.05) is 22.8 Å². The molecule has 102 valence electrons. The highest BCUT2D eigenvalue weighted by Crippen LogP contribution is 2.26. The molecule has 1 unspecified atom stereocenters. The van der Waals surface area contributed by atoms with E-state index in [-0.39, 0.29) is 0 Å². The minimum absolute atomic E-state index is 0.452. The number of nitrogens with zero attached hydrogens (tertiary/aromatic N) is 4. The molecule has 0 bridgehead atoms. The Morgan fingerprint density at radius 1 is 1.42 bits per heavy atom. The third-order valence-electron chi connectivity index (χ3n) is 3.88. The molecule has 1 atom stereocenters. The van der Waals surface area contributed by atoms with Crippen molar-refractivity contribution in [3.05, 3.63) is 24.2 Å². The Kier molecular flexibility index (Phi) is 3.14. The van der Waals surface area contributed by atoms with Crippen molar-refractivity contribution < 1.29 is 4.74 Å². The predicted molar refractivity (Wildman–Crippen MR) is 73.6 cm³/mol. The lowest BCUT2D eigenvalue weighted by Gasteiger charge is -2.19. The van der Waals surface area contributed by atoms with E-state index in [1.54, 1.807) is 7.11 Å². The summed E-state index contributed by atoms with van der Waals surface area (Å²) in [5.74, 6) is 2.23. The van der Waals surface area contributed by atoms with Gasteiger partial charge >= 0.3 is 0 Å². The number of ether oxygens (including phenoxy) is 1. The summed E-state index contributed by atoms with van der Waals surface area (Å²) in [6, 6.07) is 4.42. The Hall–Kier alpha value is -1.62. The maximum absolute atomic E-state index is 5.22. The van der Waals surface area contributed by atoms with Gasteiger partial charge in [-0.25, -0.2) is 9.50 Å². The van der Waals surface area contributed by atoms with Crippen LogP contribution in [0.15, 0.2) is 18.3 Å². The van der Waals surface area contributed by atoms with Crippen LogP contribution < -0.4 is 4.74 Å². The van der Waals surface area contributed by atoms with Crippen LogP contribution in [0.1, 0.15) is 32.0 Å². The zero-order chi connectivity index (χ0) is 13.4. The number of likely N-dealkylation sites (tertiary alicyclic amines) is 1. The fraction of sp³-hybridized carbons (Fsp3) is 0.571. The van der Waals surface area contributed by atoms with Crippen LogP contribution in [0.2, 0.25) is 0 Å². The van der Waals surface area contributed by atoms with E-state index in [2.05, 4.69) is 28.8 Å². The topological polar surface area (TPSA) is 42.7 Å². The van der Waals surface area contributed by atoms with Crippen molar-refractivity contribution in [1.29, 1.82) is 0 Å². The van der Waals surface area contributed by atoms with Gasteiger partial charge in [0.05, 0.1) is 7.11 Å². The molecule has 5 nitrogen and oxygen atoms in total. The molecule has 5 heteroatoms. The van der Waals surface area contributed by atoms with Gasteiger partial charge in [0.2, 0.25) is 0 Å². The molecule has 1 fully saturated rings. The fourth-order valence-electron chi connectivity index (χ4n) is 2.65. The van der Waals surface area contributed by atoms with Gasteiger partial charge in [0.1, 0.15) is 5.75 Å². The van der Waals surface area contributed by atoms with Crippen molar-refractivity contribution in [2.45, 2.75) is 32.2 Å². The van der Waals surface area contributed by atoms with Gasteiger partial charge in [-0.15, -0.1) is 0 Å². The van der Waals surface area contributed by atoms with E-state index in [0.717, 1.165) is 36.7 Å². The molecule has 0 spiro atoms. The third-order valence-corrected chi connectivity index (χ3v) is 3.88. The number of aromatic nitrogens is 3. The maximum atomic E-state index is 5.22. The summed E-state index contributed by atoms with van der Waals surface area (Å²) in [7, 11) is 1.67. The molecular formula is C14H20N4O. The predicted octanol–water partition coefficient (Wildman–Crippen LogP) is 1.94. The van der Waals surface area contributed by atoms with Crippen molar-refractivity contribution in [2.24, 2.45) is 0 Å². The van der Waals surface area contributed by atoms with Crippen LogP contribution in [0.4, 0.5) is 0 Å². The summed E-state index contributed by atoms with van der Waals surface area (Å²) in [5, 5.41) is 4.59. The Morgan fingerprint density at radius 2 is 2.26 bits per heavy atom. The molecule has 1 saturated heterocycles. The van der Waals surface area contributed by atoms with Gasteiger partial charge in [0.15, 0.2) is 11.5 Å². The van der Waals surface area contributed by atoms with Gasteiger partial charge in [-0.05, 0) is 32.9 Å². The zero-order valence-electron chi connectivity index (χ0n) is 11.7. The summed E-state index contributed by atoms with van der Waals surface area (Å²) in [6.45, 7) is 6.68. The minimum atomic E-state index is 0.452. The second kappa shape index (κ2) is 4.81. The van der Waals surface area contributed by atoms with E-state index < -0.39 is 0 Å². The largest absolute Gasteiger partial charge is 0.497 e. The summed E-state index contributed by atoms with van der Waals surface area (Å²) in [4.78, 5) is 7.13. The monoisotopic (exact) mass is 260 g/mol. The Labute approximate surface area is 113 Å². The second-order valence-electron chi connectivity index (χ2n) is 5.41. The van der Waals surface area contributed by atoms with Crippen LogP contribution in [0.3, 0.4) is 0 Å². The van der Waals surface area contributed by atoms with Crippen LogP contribution in [-0.4, -0.2) is 45.7 Å². The van der Waals surface area contributed by atoms with Crippen LogP contribution >= 0.6 is 0 Å². The normalized spacial score (nSPS) is 20.5. The number of pyridine rings is 1. The van der Waals surface area contributed by atoms with E-state index in [0.29, 0.717) is 12.0 Å². The lowest BCUT2D eigenvalue weighted by Crippen LogP contribution is -2.28. The maximum Gasteiger partial charge on any atom is 0.159 e. The number of rotatable bonds is 3. The molecule has 0 saturated carbocycles. The third kappa shape index (κ3) is 2.30. The minimum Gasteiger partial charge on any atom is -0.497 e. The standard InChI is InChI=1S/C14H20N4O/c1-10(2)17-6-4-11(9-17)14-15-13-8-12(19-3)5-7-18(13)16-14/h5,7-8,10-11H,4,6,9H2,1-3H3. The van der Waals surface area contributed by atoms with Gasteiger partial charge in [-0.1, -0.05) is 0 Å². The molecule has 1 aliphatic heterocycles. The molecule has 0 aliphatic carbocycles. The van der Waals surface area contributed by atoms with Gasteiger partial charge < -0.3 is 9.64 Å². The fourth-order valence-corrected chi connectivity index (χ4v) is 2.65. The van der Waals surface area contributed by atoms with Crippen molar-refractivity contribution in [2.75, 3.05) is 20.2 Å². The summed E-state index contributed by atoms with van der Waals surface area (Å²) in [6.07, 6.45) is 3.05. The molecule has 3 heterocycles. The molecule has 3 rings (SSSR count). The van der Waals surface area contributed by atoms with Crippen molar-refractivity contribution in [1.82, 2.24) is 19.5 Å². The number of fused-ring (bicyclic) bond motifs is 1. The molecule has 1 aliphatic rings. The first-order valence-electron chi connectivity index (χ1n) is 6.81. The lowest BCUT2D eigenvalue weighted by atomic mass is 10.1. The van der Waals surface area contributed by atoms with Gasteiger partial charge in [-0.2, -0.15) is 5.10 Å². The molecule has 0 amide bonds. The van der Waals surface area contributed by atoms with Gasteiger partial charge in [0.25, 0.3) is 0 Å². The van der Waals surface area contributed by atoms with E-state index in [1.165, 1.54) is 0 Å². The first-order chi connectivity index (χ1) is 9.17. The lowest BCUT2D eigenvalue weighted by molar-refractivity contribution is 0.272. The van der Waals surface area contributed by atoms with Gasteiger partial charge in [0, 0.05) is 30.8 Å². The summed E-state index contributed by atoms with van der Waals surface area (Å²) < 4.78 is 7.05. The summed E-state index contributed by atoms with van der Waals surface area (Å²) >= 11 is 0. The van der Waals surface area contributed by atoms with Crippen LogP contribution in [0.25, 0.3) is 5.65 Å². The first-order valence-corrected chi connectivity index (χ1v) is 6.81. The molecule has 0 radical (unpaired) electrons. The van der Waals surface area contributed by atoms with Crippen molar-refractivity contribution >= 4 is 5.65 Å². The smallest absolute Gasteiger partial charge is 0.159 e. The van der Waals surface area contributed by atoms with Crippen molar-refractivity contribution in [3.8, 4) is 5.75 Å². The first kappa shape index (κ1) is 12.4. The average Bonchev–Trinajstić information content (AvgIpc) is 3.04. The average molecular weight is 260 g/mol.